The Balaban J connectivity index is 2.86. The van der Waals surface area contributed by atoms with Gasteiger partial charge in [-0.25, -0.2) is 0 Å². The minimum Gasteiger partial charge on any atom is -0.469 e. The van der Waals surface area contributed by atoms with Gasteiger partial charge in [0.1, 0.15) is 6.07 Å². The summed E-state index contributed by atoms with van der Waals surface area (Å²) in [5.41, 5.74) is 0.361. The molecule has 9 heteroatoms. The van der Waals surface area contributed by atoms with Gasteiger partial charge in [0, 0.05) is 18.1 Å². The van der Waals surface area contributed by atoms with E-state index in [0.717, 1.165) is 4.31 Å². The highest BCUT2D eigenvalue weighted by molar-refractivity contribution is 9.10. The van der Waals surface area contributed by atoms with Crippen LogP contribution in [0.2, 0.25) is 0 Å². The first-order valence-electron chi connectivity index (χ1n) is 5.80. The Morgan fingerprint density at radius 3 is 2.76 bits per heavy atom. The number of esters is 1. The fourth-order valence-corrected chi connectivity index (χ4v) is 2.69. The summed E-state index contributed by atoms with van der Waals surface area (Å²) in [5.74, 6) is -0.501. The second-order valence-electron chi connectivity index (χ2n) is 4.06. The highest BCUT2D eigenvalue weighted by atomic mass is 79.9. The number of hydrogen-bond acceptors (Lipinski definition) is 5. The summed E-state index contributed by atoms with van der Waals surface area (Å²) < 4.78 is 32.6. The van der Waals surface area contributed by atoms with Gasteiger partial charge in [0.05, 0.1) is 24.8 Å². The number of carbonyl (C=O) groups is 1. The Morgan fingerprint density at radius 1 is 1.52 bits per heavy atom. The Labute approximate surface area is 131 Å². The van der Waals surface area contributed by atoms with Crippen LogP contribution in [0, 0.1) is 11.3 Å². The molecule has 0 heterocycles. The van der Waals surface area contributed by atoms with Gasteiger partial charge in [-0.15, -0.1) is 0 Å². The predicted molar refractivity (Wildman–Crippen MR) is 80.7 cm³/mol. The zero-order valence-electron chi connectivity index (χ0n) is 11.5. The molecule has 1 aromatic carbocycles. The molecule has 0 saturated heterocycles. The molecule has 0 saturated carbocycles. The SMILES string of the molecule is COC(=O)CCN(C)S(=O)(=O)Nc1ccc(Br)cc1C#N. The smallest absolute Gasteiger partial charge is 0.306 e. The summed E-state index contributed by atoms with van der Waals surface area (Å²) in [7, 11) is -1.29. The van der Waals surface area contributed by atoms with Crippen molar-refractivity contribution >= 4 is 37.8 Å². The number of anilines is 1. The molecule has 0 unspecified atom stereocenters. The van der Waals surface area contributed by atoms with Crippen molar-refractivity contribution in [3.8, 4) is 6.07 Å². The topological polar surface area (TPSA) is 99.5 Å². The van der Waals surface area contributed by atoms with Crippen molar-refractivity contribution in [2.24, 2.45) is 0 Å². The Morgan fingerprint density at radius 2 is 2.19 bits per heavy atom. The molecule has 7 nitrogen and oxygen atoms in total. The van der Waals surface area contributed by atoms with E-state index in [4.69, 9.17) is 5.26 Å². The van der Waals surface area contributed by atoms with Crippen LogP contribution in [0.5, 0.6) is 0 Å². The van der Waals surface area contributed by atoms with Crippen molar-refractivity contribution in [3.63, 3.8) is 0 Å². The van der Waals surface area contributed by atoms with Gasteiger partial charge in [-0.1, -0.05) is 15.9 Å². The molecule has 0 amide bonds. The average molecular weight is 376 g/mol. The lowest BCUT2D eigenvalue weighted by molar-refractivity contribution is -0.140. The molecule has 0 aliphatic rings. The lowest BCUT2D eigenvalue weighted by Gasteiger charge is -2.18. The third kappa shape index (κ3) is 5.00. The van der Waals surface area contributed by atoms with Crippen LogP contribution in [0.1, 0.15) is 12.0 Å². The van der Waals surface area contributed by atoms with E-state index in [0.29, 0.717) is 4.47 Å². The summed E-state index contributed by atoms with van der Waals surface area (Å²) in [6.07, 6.45) is -0.0562. The Bertz CT molecular complexity index is 670. The molecular weight excluding hydrogens is 362 g/mol. The quantitative estimate of drug-likeness (QED) is 0.758. The van der Waals surface area contributed by atoms with Gasteiger partial charge >= 0.3 is 16.2 Å². The summed E-state index contributed by atoms with van der Waals surface area (Å²) in [6, 6.07) is 6.51. The molecule has 0 spiro atoms. The van der Waals surface area contributed by atoms with Crippen LogP contribution in [0.4, 0.5) is 5.69 Å². The number of nitriles is 1. The highest BCUT2D eigenvalue weighted by Gasteiger charge is 2.20. The lowest BCUT2D eigenvalue weighted by Crippen LogP contribution is -2.34. The fraction of sp³-hybridized carbons (Fsp3) is 0.333. The largest absolute Gasteiger partial charge is 0.469 e. The fourth-order valence-electron chi connectivity index (χ4n) is 1.39. The zero-order chi connectivity index (χ0) is 16.0. The average Bonchev–Trinajstić information content (AvgIpc) is 2.45. The standard InChI is InChI=1S/C12H14BrN3O4S/c1-16(6-5-12(17)20-2)21(18,19)15-11-4-3-10(13)7-9(11)8-14/h3-4,7,15H,5-6H2,1-2H3. The maximum absolute atomic E-state index is 12.1. The predicted octanol–water partition coefficient (Wildman–Crippen LogP) is 1.47. The number of rotatable bonds is 6. The Hall–Kier alpha value is -1.63. The molecule has 0 aliphatic heterocycles. The van der Waals surface area contributed by atoms with Gasteiger partial charge in [0.15, 0.2) is 0 Å². The van der Waals surface area contributed by atoms with Gasteiger partial charge in [-0.2, -0.15) is 18.0 Å². The van der Waals surface area contributed by atoms with Gasteiger partial charge in [0.25, 0.3) is 0 Å². The van der Waals surface area contributed by atoms with Crippen LogP contribution in [0.3, 0.4) is 0 Å². The molecule has 0 aliphatic carbocycles. The van der Waals surface area contributed by atoms with E-state index in [-0.39, 0.29) is 24.2 Å². The normalized spacial score (nSPS) is 11.0. The van der Waals surface area contributed by atoms with E-state index in [1.807, 2.05) is 6.07 Å². The number of ether oxygens (including phenoxy) is 1. The van der Waals surface area contributed by atoms with E-state index in [1.54, 1.807) is 6.07 Å². The third-order valence-electron chi connectivity index (χ3n) is 2.61. The number of methoxy groups -OCH3 is 1. The molecule has 114 valence electrons. The molecule has 0 atom stereocenters. The Kier molecular flexibility index (Phi) is 6.14. The number of benzene rings is 1. The third-order valence-corrected chi connectivity index (χ3v) is 4.58. The van der Waals surface area contributed by atoms with Crippen molar-refractivity contribution < 1.29 is 17.9 Å². The minimum atomic E-state index is -3.85. The summed E-state index contributed by atoms with van der Waals surface area (Å²) in [4.78, 5) is 11.0. The molecule has 0 fully saturated rings. The van der Waals surface area contributed by atoms with Crippen LogP contribution >= 0.6 is 15.9 Å². The first kappa shape index (κ1) is 17.4. The van der Waals surface area contributed by atoms with E-state index >= 15 is 0 Å². The number of nitrogens with zero attached hydrogens (tertiary/aromatic N) is 2. The van der Waals surface area contributed by atoms with Crippen molar-refractivity contribution in [3.05, 3.63) is 28.2 Å². The van der Waals surface area contributed by atoms with E-state index < -0.39 is 16.2 Å². The maximum atomic E-state index is 12.1. The van der Waals surface area contributed by atoms with Gasteiger partial charge in [-0.3, -0.25) is 9.52 Å². The van der Waals surface area contributed by atoms with E-state index in [2.05, 4.69) is 25.4 Å². The monoisotopic (exact) mass is 375 g/mol. The molecule has 1 aromatic rings. The molecular formula is C12H14BrN3O4S. The summed E-state index contributed by atoms with van der Waals surface area (Å²) in [5, 5.41) is 9.01. The second-order valence-corrected chi connectivity index (χ2v) is 6.75. The lowest BCUT2D eigenvalue weighted by atomic mass is 10.2. The summed E-state index contributed by atoms with van der Waals surface area (Å²) in [6.45, 7) is -0.0274. The number of halogens is 1. The van der Waals surface area contributed by atoms with Crippen LogP contribution in [0.25, 0.3) is 0 Å². The molecule has 1 N–H and O–H groups in total. The second kappa shape index (κ2) is 7.40. The van der Waals surface area contributed by atoms with E-state index in [9.17, 15) is 13.2 Å². The zero-order valence-corrected chi connectivity index (χ0v) is 13.9. The van der Waals surface area contributed by atoms with Crippen molar-refractivity contribution in [1.29, 1.82) is 5.26 Å². The number of nitrogens with one attached hydrogen (secondary N) is 1. The molecule has 21 heavy (non-hydrogen) atoms. The summed E-state index contributed by atoms with van der Waals surface area (Å²) >= 11 is 3.20. The molecule has 0 radical (unpaired) electrons. The first-order chi connectivity index (χ1) is 9.80. The maximum Gasteiger partial charge on any atom is 0.306 e. The number of carbonyl (C=O) groups excluding carboxylic acids is 1. The van der Waals surface area contributed by atoms with Crippen LogP contribution < -0.4 is 4.72 Å². The van der Waals surface area contributed by atoms with E-state index in [1.165, 1.54) is 26.3 Å². The van der Waals surface area contributed by atoms with Gasteiger partial charge < -0.3 is 4.74 Å². The van der Waals surface area contributed by atoms with Crippen LogP contribution in [0.15, 0.2) is 22.7 Å². The van der Waals surface area contributed by atoms with Crippen molar-refractivity contribution in [1.82, 2.24) is 4.31 Å². The molecule has 0 aromatic heterocycles. The molecule has 0 bridgehead atoms. The first-order valence-corrected chi connectivity index (χ1v) is 8.04. The minimum absolute atomic E-state index is 0.0274. The molecule has 1 rings (SSSR count). The number of hydrogen-bond donors (Lipinski definition) is 1. The van der Waals surface area contributed by atoms with Crippen LogP contribution in [-0.4, -0.2) is 39.4 Å². The van der Waals surface area contributed by atoms with Crippen LogP contribution in [-0.2, 0) is 19.7 Å². The van der Waals surface area contributed by atoms with Crippen molar-refractivity contribution in [2.75, 3.05) is 25.4 Å². The van der Waals surface area contributed by atoms with Gasteiger partial charge in [0.2, 0.25) is 0 Å². The van der Waals surface area contributed by atoms with Gasteiger partial charge in [-0.05, 0) is 18.2 Å². The highest BCUT2D eigenvalue weighted by Crippen LogP contribution is 2.21. The van der Waals surface area contributed by atoms with Crippen molar-refractivity contribution in [2.45, 2.75) is 6.42 Å².